The molecule has 0 fully saturated rings. The van der Waals surface area contributed by atoms with E-state index in [1.165, 1.54) is 13.2 Å². The number of benzene rings is 1. The van der Waals surface area contributed by atoms with Gasteiger partial charge in [-0.2, -0.15) is 0 Å². The molecule has 0 bridgehead atoms. The summed E-state index contributed by atoms with van der Waals surface area (Å²) in [4.78, 5) is 4.59. The molecule has 1 N–H and O–H groups in total. The van der Waals surface area contributed by atoms with Crippen LogP contribution >= 0.6 is 11.8 Å². The van der Waals surface area contributed by atoms with Crippen molar-refractivity contribution in [1.82, 2.24) is 0 Å². The summed E-state index contributed by atoms with van der Waals surface area (Å²) in [5, 5.41) is 4.09. The maximum Gasteiger partial charge on any atom is 0.165 e. The van der Waals surface area contributed by atoms with Gasteiger partial charge in [-0.15, -0.1) is 0 Å². The Bertz CT molecular complexity index is 462. The first-order chi connectivity index (χ1) is 8.60. The van der Waals surface area contributed by atoms with Crippen molar-refractivity contribution in [1.29, 1.82) is 0 Å². The number of methoxy groups -OCH3 is 1. The predicted octanol–water partition coefficient (Wildman–Crippen LogP) is 3.37. The topological polar surface area (TPSA) is 33.6 Å². The highest BCUT2D eigenvalue weighted by Gasteiger charge is 2.21. The molecule has 18 heavy (non-hydrogen) atoms. The van der Waals surface area contributed by atoms with Gasteiger partial charge in [-0.3, -0.25) is 4.99 Å². The predicted molar refractivity (Wildman–Crippen MR) is 75.1 cm³/mol. The van der Waals surface area contributed by atoms with Gasteiger partial charge < -0.3 is 10.1 Å². The third-order valence-electron chi connectivity index (χ3n) is 2.85. The molecule has 0 radical (unpaired) electrons. The monoisotopic (exact) mass is 268 g/mol. The van der Waals surface area contributed by atoms with Gasteiger partial charge >= 0.3 is 0 Å². The van der Waals surface area contributed by atoms with Crippen LogP contribution in [0.5, 0.6) is 5.75 Å². The Hall–Kier alpha value is -1.23. The van der Waals surface area contributed by atoms with Gasteiger partial charge in [-0.05, 0) is 18.1 Å². The van der Waals surface area contributed by atoms with Crippen molar-refractivity contribution >= 4 is 22.6 Å². The molecule has 1 atom stereocenters. The summed E-state index contributed by atoms with van der Waals surface area (Å²) in [6.07, 6.45) is 0. The molecule has 0 unspecified atom stereocenters. The molecule has 1 aromatic carbocycles. The number of thioether (sulfide) groups is 1. The van der Waals surface area contributed by atoms with Gasteiger partial charge in [0.1, 0.15) is 0 Å². The van der Waals surface area contributed by atoms with Crippen LogP contribution in [0, 0.1) is 11.7 Å². The summed E-state index contributed by atoms with van der Waals surface area (Å²) in [5.74, 6) is 1.42. The Balaban J connectivity index is 2.08. The van der Waals surface area contributed by atoms with E-state index in [4.69, 9.17) is 4.74 Å². The van der Waals surface area contributed by atoms with E-state index in [2.05, 4.69) is 24.2 Å². The fourth-order valence-electron chi connectivity index (χ4n) is 1.66. The van der Waals surface area contributed by atoms with E-state index in [0.29, 0.717) is 12.0 Å². The summed E-state index contributed by atoms with van der Waals surface area (Å²) in [7, 11) is 1.46. The van der Waals surface area contributed by atoms with Gasteiger partial charge in [0, 0.05) is 17.5 Å². The third kappa shape index (κ3) is 2.96. The van der Waals surface area contributed by atoms with Gasteiger partial charge in [-0.1, -0.05) is 25.6 Å². The van der Waals surface area contributed by atoms with Gasteiger partial charge in [0.05, 0.1) is 13.2 Å². The zero-order chi connectivity index (χ0) is 13.1. The normalized spacial score (nSPS) is 18.9. The lowest BCUT2D eigenvalue weighted by Gasteiger charge is -2.08. The van der Waals surface area contributed by atoms with Crippen LogP contribution < -0.4 is 10.1 Å². The van der Waals surface area contributed by atoms with E-state index in [-0.39, 0.29) is 11.6 Å². The SMILES string of the molecule is COc1cc(NC2=N[C@@H](C(C)C)CS2)ccc1F. The number of amidine groups is 1. The number of ether oxygens (including phenoxy) is 1. The Labute approximate surface area is 111 Å². The lowest BCUT2D eigenvalue weighted by atomic mass is 10.1. The van der Waals surface area contributed by atoms with Gasteiger partial charge in [-0.25, -0.2) is 4.39 Å². The molecule has 0 spiro atoms. The average Bonchev–Trinajstić information content (AvgIpc) is 2.80. The number of anilines is 1. The van der Waals surface area contributed by atoms with E-state index in [9.17, 15) is 4.39 Å². The van der Waals surface area contributed by atoms with E-state index in [1.54, 1.807) is 23.9 Å². The quantitative estimate of drug-likeness (QED) is 0.912. The van der Waals surface area contributed by atoms with Gasteiger partial charge in [0.15, 0.2) is 16.7 Å². The highest BCUT2D eigenvalue weighted by molar-refractivity contribution is 8.14. The number of hydrogen-bond acceptors (Lipinski definition) is 4. The van der Waals surface area contributed by atoms with Crippen molar-refractivity contribution in [2.75, 3.05) is 18.2 Å². The molecule has 5 heteroatoms. The smallest absolute Gasteiger partial charge is 0.165 e. The number of rotatable bonds is 3. The van der Waals surface area contributed by atoms with Crippen molar-refractivity contribution < 1.29 is 9.13 Å². The minimum atomic E-state index is -0.357. The first-order valence-electron chi connectivity index (χ1n) is 5.91. The van der Waals surface area contributed by atoms with Crippen LogP contribution in [0.4, 0.5) is 10.1 Å². The highest BCUT2D eigenvalue weighted by Crippen LogP contribution is 2.26. The van der Waals surface area contributed by atoms with E-state index in [0.717, 1.165) is 16.6 Å². The van der Waals surface area contributed by atoms with Crippen LogP contribution in [0.15, 0.2) is 23.2 Å². The van der Waals surface area contributed by atoms with Crippen LogP contribution in [0.3, 0.4) is 0 Å². The van der Waals surface area contributed by atoms with E-state index >= 15 is 0 Å². The van der Waals surface area contributed by atoms with Crippen LogP contribution in [-0.2, 0) is 0 Å². The highest BCUT2D eigenvalue weighted by atomic mass is 32.2. The number of nitrogens with one attached hydrogen (secondary N) is 1. The largest absolute Gasteiger partial charge is 0.494 e. The van der Waals surface area contributed by atoms with Crippen molar-refractivity contribution in [2.24, 2.45) is 10.9 Å². The van der Waals surface area contributed by atoms with E-state index < -0.39 is 0 Å². The molecule has 0 saturated carbocycles. The second-order valence-corrected chi connectivity index (χ2v) is 5.54. The zero-order valence-corrected chi connectivity index (χ0v) is 11.6. The number of aliphatic imine (C=N–C) groups is 1. The second-order valence-electron chi connectivity index (χ2n) is 4.53. The van der Waals surface area contributed by atoms with Gasteiger partial charge in [0.2, 0.25) is 0 Å². The Kier molecular flexibility index (Phi) is 4.11. The molecule has 3 nitrogen and oxygen atoms in total. The summed E-state index contributed by atoms with van der Waals surface area (Å²) in [5.41, 5.74) is 0.795. The van der Waals surface area contributed by atoms with Crippen molar-refractivity contribution in [3.05, 3.63) is 24.0 Å². The summed E-state index contributed by atoms with van der Waals surface area (Å²) < 4.78 is 18.2. The molecule has 98 valence electrons. The van der Waals surface area contributed by atoms with Gasteiger partial charge in [0.25, 0.3) is 0 Å². The molecule has 2 rings (SSSR count). The minimum Gasteiger partial charge on any atom is -0.494 e. The Morgan fingerprint density at radius 3 is 2.89 bits per heavy atom. The lowest BCUT2D eigenvalue weighted by Crippen LogP contribution is -2.12. The molecular formula is C13H17FN2OS. The first-order valence-corrected chi connectivity index (χ1v) is 6.90. The molecule has 0 aromatic heterocycles. The fourth-order valence-corrected chi connectivity index (χ4v) is 2.85. The van der Waals surface area contributed by atoms with E-state index in [1.807, 2.05) is 0 Å². The average molecular weight is 268 g/mol. The Morgan fingerprint density at radius 1 is 1.50 bits per heavy atom. The van der Waals surface area contributed by atoms with Crippen molar-refractivity contribution in [3.63, 3.8) is 0 Å². The molecule has 0 saturated heterocycles. The van der Waals surface area contributed by atoms with Crippen LogP contribution in [-0.4, -0.2) is 24.1 Å². The van der Waals surface area contributed by atoms with Crippen LogP contribution in [0.1, 0.15) is 13.8 Å². The van der Waals surface area contributed by atoms with Crippen molar-refractivity contribution in [2.45, 2.75) is 19.9 Å². The zero-order valence-electron chi connectivity index (χ0n) is 10.7. The maximum absolute atomic E-state index is 13.3. The standard InChI is InChI=1S/C13H17FN2OS/c1-8(2)11-7-18-13(16-11)15-9-4-5-10(14)12(6-9)17-3/h4-6,8,11H,7H2,1-3H3,(H,15,16)/t11-/m1/s1. The molecule has 1 aromatic rings. The first kappa shape index (κ1) is 13.2. The lowest BCUT2D eigenvalue weighted by molar-refractivity contribution is 0.387. The number of hydrogen-bond donors (Lipinski definition) is 1. The number of nitrogens with zero attached hydrogens (tertiary/aromatic N) is 1. The number of halogens is 1. The van der Waals surface area contributed by atoms with Crippen molar-refractivity contribution in [3.8, 4) is 5.75 Å². The third-order valence-corrected chi connectivity index (χ3v) is 3.83. The Morgan fingerprint density at radius 2 is 2.28 bits per heavy atom. The molecule has 1 heterocycles. The summed E-state index contributed by atoms with van der Waals surface area (Å²) >= 11 is 1.70. The molecule has 1 aliphatic rings. The van der Waals surface area contributed by atoms with Crippen LogP contribution in [0.25, 0.3) is 0 Å². The summed E-state index contributed by atoms with van der Waals surface area (Å²) in [6.45, 7) is 4.33. The molecule has 0 amide bonds. The second kappa shape index (κ2) is 5.61. The molecule has 0 aliphatic carbocycles. The summed E-state index contributed by atoms with van der Waals surface area (Å²) in [6, 6.07) is 5.08. The molecule has 1 aliphatic heterocycles. The minimum absolute atomic E-state index is 0.240. The fraction of sp³-hybridized carbons (Fsp3) is 0.462. The maximum atomic E-state index is 13.3. The molecular weight excluding hydrogens is 251 g/mol. The van der Waals surface area contributed by atoms with Crippen LogP contribution in [0.2, 0.25) is 0 Å².